The number of nitrogens with zero attached hydrogens (tertiary/aromatic N) is 3. The molecule has 0 spiro atoms. The summed E-state index contributed by atoms with van der Waals surface area (Å²) in [5, 5.41) is 14.1. The summed E-state index contributed by atoms with van der Waals surface area (Å²) in [4.78, 5) is 4.17. The maximum atomic E-state index is 9.74. The van der Waals surface area contributed by atoms with Gasteiger partial charge in [0.1, 0.15) is 0 Å². The molecule has 72 valence electrons. The first kappa shape index (κ1) is 7.94. The molecule has 0 atom stereocenters. The maximum Gasteiger partial charge on any atom is 0.155 e. The molecule has 4 heteroatoms. The van der Waals surface area contributed by atoms with E-state index in [9.17, 15) is 5.11 Å². The Balaban J connectivity index is 1.98. The van der Waals surface area contributed by atoms with Crippen molar-refractivity contribution in [3.63, 3.8) is 0 Å². The maximum absolute atomic E-state index is 9.74. The van der Waals surface area contributed by atoms with E-state index in [1.54, 1.807) is 10.7 Å². The molecule has 0 radical (unpaired) electrons. The van der Waals surface area contributed by atoms with Crippen molar-refractivity contribution in [2.75, 3.05) is 0 Å². The van der Waals surface area contributed by atoms with E-state index in [0.29, 0.717) is 6.42 Å². The zero-order valence-electron chi connectivity index (χ0n) is 7.72. The van der Waals surface area contributed by atoms with Crippen LogP contribution in [0.4, 0.5) is 0 Å². The highest BCUT2D eigenvalue weighted by atomic mass is 16.3. The van der Waals surface area contributed by atoms with Crippen molar-refractivity contribution in [3.05, 3.63) is 30.2 Å². The van der Waals surface area contributed by atoms with Crippen LogP contribution in [0.3, 0.4) is 0 Å². The minimum absolute atomic E-state index is 0.474. The molecule has 2 heterocycles. The van der Waals surface area contributed by atoms with Crippen LogP contribution in [0.2, 0.25) is 0 Å². The topological polar surface area (TPSA) is 50.4 Å². The Morgan fingerprint density at radius 1 is 1.50 bits per heavy atom. The highest BCUT2D eigenvalue weighted by Gasteiger charge is 2.40. The van der Waals surface area contributed by atoms with E-state index in [1.165, 1.54) is 0 Å². The quantitative estimate of drug-likeness (QED) is 0.760. The molecule has 0 aliphatic heterocycles. The Labute approximate surface area is 81.2 Å². The third-order valence-electron chi connectivity index (χ3n) is 2.62. The summed E-state index contributed by atoms with van der Waals surface area (Å²) in [6.07, 6.45) is 6.05. The summed E-state index contributed by atoms with van der Waals surface area (Å²) < 4.78 is 1.74. The van der Waals surface area contributed by atoms with Crippen LogP contribution in [0.25, 0.3) is 5.65 Å². The first-order valence-electron chi connectivity index (χ1n) is 4.77. The molecule has 1 fully saturated rings. The average Bonchev–Trinajstić information content (AvgIpc) is 2.77. The van der Waals surface area contributed by atoms with Crippen LogP contribution < -0.4 is 0 Å². The van der Waals surface area contributed by atoms with Gasteiger partial charge in [0, 0.05) is 24.9 Å². The van der Waals surface area contributed by atoms with Gasteiger partial charge in [0.05, 0.1) is 11.3 Å². The van der Waals surface area contributed by atoms with Crippen LogP contribution in [0, 0.1) is 0 Å². The lowest BCUT2D eigenvalue weighted by molar-refractivity contribution is 0.149. The Kier molecular flexibility index (Phi) is 1.44. The molecule has 2 aromatic heterocycles. The third-order valence-corrected chi connectivity index (χ3v) is 2.62. The monoisotopic (exact) mass is 189 g/mol. The van der Waals surface area contributed by atoms with Crippen molar-refractivity contribution in [3.8, 4) is 0 Å². The van der Waals surface area contributed by atoms with Gasteiger partial charge in [-0.1, -0.05) is 0 Å². The summed E-state index contributed by atoms with van der Waals surface area (Å²) in [6, 6.07) is 3.77. The van der Waals surface area contributed by atoms with Crippen molar-refractivity contribution < 1.29 is 5.11 Å². The SMILES string of the molecule is OC1(Cc2cc3ncccn3n2)CC1. The molecular formula is C10H11N3O. The molecule has 0 unspecified atom stereocenters. The normalized spacial score (nSPS) is 18.6. The van der Waals surface area contributed by atoms with Gasteiger partial charge in [0.15, 0.2) is 5.65 Å². The smallest absolute Gasteiger partial charge is 0.155 e. The van der Waals surface area contributed by atoms with E-state index in [-0.39, 0.29) is 0 Å². The molecule has 14 heavy (non-hydrogen) atoms. The van der Waals surface area contributed by atoms with Crippen molar-refractivity contribution in [1.29, 1.82) is 0 Å². The zero-order chi connectivity index (χ0) is 9.60. The second-order valence-electron chi connectivity index (χ2n) is 3.96. The van der Waals surface area contributed by atoms with E-state index >= 15 is 0 Å². The Bertz CT molecular complexity index is 440. The molecule has 0 saturated heterocycles. The summed E-state index contributed by atoms with van der Waals surface area (Å²) in [5.41, 5.74) is 1.29. The van der Waals surface area contributed by atoms with Crippen molar-refractivity contribution >= 4 is 5.65 Å². The second-order valence-corrected chi connectivity index (χ2v) is 3.96. The van der Waals surface area contributed by atoms with E-state index in [2.05, 4.69) is 10.1 Å². The van der Waals surface area contributed by atoms with Gasteiger partial charge in [-0.2, -0.15) is 5.10 Å². The fourth-order valence-electron chi connectivity index (χ4n) is 1.62. The highest BCUT2D eigenvalue weighted by Crippen LogP contribution is 2.37. The Morgan fingerprint density at radius 2 is 2.36 bits per heavy atom. The minimum atomic E-state index is -0.474. The summed E-state index contributed by atoms with van der Waals surface area (Å²) >= 11 is 0. The van der Waals surface area contributed by atoms with Crippen molar-refractivity contribution in [2.24, 2.45) is 0 Å². The van der Waals surface area contributed by atoms with Crippen LogP contribution in [0.15, 0.2) is 24.5 Å². The molecular weight excluding hydrogens is 178 g/mol. The largest absolute Gasteiger partial charge is 0.389 e. The van der Waals surface area contributed by atoms with E-state index in [1.807, 2.05) is 18.3 Å². The molecule has 1 aliphatic rings. The molecule has 0 aromatic carbocycles. The molecule has 2 aromatic rings. The predicted octanol–water partition coefficient (Wildman–Crippen LogP) is 0.797. The van der Waals surface area contributed by atoms with Gasteiger partial charge in [0.25, 0.3) is 0 Å². The van der Waals surface area contributed by atoms with Crippen molar-refractivity contribution in [1.82, 2.24) is 14.6 Å². The Morgan fingerprint density at radius 3 is 3.07 bits per heavy atom. The summed E-state index contributed by atoms with van der Waals surface area (Å²) in [7, 11) is 0. The lowest BCUT2D eigenvalue weighted by Gasteiger charge is -2.01. The molecule has 1 saturated carbocycles. The molecule has 0 amide bonds. The van der Waals surface area contributed by atoms with Gasteiger partial charge in [-0.05, 0) is 18.9 Å². The first-order valence-corrected chi connectivity index (χ1v) is 4.77. The van der Waals surface area contributed by atoms with Crippen LogP contribution in [-0.2, 0) is 6.42 Å². The molecule has 4 nitrogen and oxygen atoms in total. The first-order chi connectivity index (χ1) is 6.75. The van der Waals surface area contributed by atoms with Gasteiger partial charge >= 0.3 is 0 Å². The van der Waals surface area contributed by atoms with Crippen LogP contribution in [-0.4, -0.2) is 25.3 Å². The van der Waals surface area contributed by atoms with E-state index < -0.39 is 5.60 Å². The van der Waals surface area contributed by atoms with Gasteiger partial charge in [-0.3, -0.25) is 0 Å². The average molecular weight is 189 g/mol. The number of hydrogen-bond donors (Lipinski definition) is 1. The standard InChI is InChI=1S/C10H11N3O/c14-10(2-3-10)7-8-6-9-11-4-1-5-13(9)12-8/h1,4-6,14H,2-3,7H2. The fourth-order valence-corrected chi connectivity index (χ4v) is 1.62. The van der Waals surface area contributed by atoms with Gasteiger partial charge in [0.2, 0.25) is 0 Å². The molecule has 1 aliphatic carbocycles. The zero-order valence-corrected chi connectivity index (χ0v) is 7.72. The number of aliphatic hydroxyl groups is 1. The van der Waals surface area contributed by atoms with Gasteiger partial charge in [-0.25, -0.2) is 9.50 Å². The lowest BCUT2D eigenvalue weighted by Crippen LogP contribution is -2.10. The van der Waals surface area contributed by atoms with Crippen LogP contribution >= 0.6 is 0 Å². The molecule has 0 bridgehead atoms. The number of fused-ring (bicyclic) bond motifs is 1. The highest BCUT2D eigenvalue weighted by molar-refractivity contribution is 5.38. The van der Waals surface area contributed by atoms with Gasteiger partial charge < -0.3 is 5.11 Å². The number of hydrogen-bond acceptors (Lipinski definition) is 3. The Hall–Kier alpha value is -1.42. The number of aromatic nitrogens is 3. The fraction of sp³-hybridized carbons (Fsp3) is 0.400. The van der Waals surface area contributed by atoms with E-state index in [0.717, 1.165) is 24.2 Å². The lowest BCUT2D eigenvalue weighted by atomic mass is 10.2. The third kappa shape index (κ3) is 1.28. The van der Waals surface area contributed by atoms with Crippen molar-refractivity contribution in [2.45, 2.75) is 24.9 Å². The van der Waals surface area contributed by atoms with Gasteiger partial charge in [-0.15, -0.1) is 0 Å². The molecule has 3 rings (SSSR count). The van der Waals surface area contributed by atoms with Crippen LogP contribution in [0.1, 0.15) is 18.5 Å². The molecule has 1 N–H and O–H groups in total. The van der Waals surface area contributed by atoms with E-state index in [4.69, 9.17) is 0 Å². The summed E-state index contributed by atoms with van der Waals surface area (Å²) in [6.45, 7) is 0. The minimum Gasteiger partial charge on any atom is -0.389 e. The van der Waals surface area contributed by atoms with Crippen LogP contribution in [0.5, 0.6) is 0 Å². The second kappa shape index (κ2) is 2.54. The predicted molar refractivity (Wildman–Crippen MR) is 50.9 cm³/mol. The summed E-state index contributed by atoms with van der Waals surface area (Å²) in [5.74, 6) is 0. The number of rotatable bonds is 2.